The van der Waals surface area contributed by atoms with E-state index in [0.717, 1.165) is 16.7 Å². The van der Waals surface area contributed by atoms with E-state index in [9.17, 15) is 4.79 Å². The van der Waals surface area contributed by atoms with E-state index in [-0.39, 0.29) is 12.6 Å². The molecule has 0 bridgehead atoms. The molecule has 3 nitrogen and oxygen atoms in total. The summed E-state index contributed by atoms with van der Waals surface area (Å²) in [6.07, 6.45) is -0.583. The highest BCUT2D eigenvalue weighted by Crippen LogP contribution is 2.31. The van der Waals surface area contributed by atoms with Gasteiger partial charge in [-0.25, -0.2) is 4.79 Å². The van der Waals surface area contributed by atoms with Gasteiger partial charge in [-0.2, -0.15) is 0 Å². The minimum Gasteiger partial charge on any atom is -0.459 e. The van der Waals surface area contributed by atoms with Gasteiger partial charge in [0.1, 0.15) is 6.61 Å². The fourth-order valence-corrected chi connectivity index (χ4v) is 2.18. The topological polar surface area (TPSA) is 35.5 Å². The number of fused-ring (bicyclic) bond motifs is 1. The number of hydrogen-bond donors (Lipinski definition) is 0. The van der Waals surface area contributed by atoms with Gasteiger partial charge in [-0.1, -0.05) is 54.6 Å². The van der Waals surface area contributed by atoms with Crippen LogP contribution in [0.4, 0.5) is 0 Å². The zero-order valence-corrected chi connectivity index (χ0v) is 10.4. The van der Waals surface area contributed by atoms with Crippen LogP contribution in [-0.4, -0.2) is 5.97 Å². The Hall–Kier alpha value is -2.13. The molecule has 0 saturated heterocycles. The summed E-state index contributed by atoms with van der Waals surface area (Å²) in [5, 5.41) is 0. The Kier molecular flexibility index (Phi) is 3.29. The van der Waals surface area contributed by atoms with Crippen molar-refractivity contribution in [3.63, 3.8) is 0 Å². The molecule has 1 aliphatic heterocycles. The van der Waals surface area contributed by atoms with E-state index in [1.807, 2.05) is 54.6 Å². The predicted molar refractivity (Wildman–Crippen MR) is 70.2 cm³/mol. The Morgan fingerprint density at radius 2 is 1.84 bits per heavy atom. The van der Waals surface area contributed by atoms with Crippen LogP contribution in [0.1, 0.15) is 22.8 Å². The fourth-order valence-electron chi connectivity index (χ4n) is 2.18. The summed E-state index contributed by atoms with van der Waals surface area (Å²) in [6, 6.07) is 17.4. The molecule has 0 aliphatic carbocycles. The molecule has 2 aromatic rings. The number of benzene rings is 2. The van der Waals surface area contributed by atoms with E-state index < -0.39 is 6.10 Å². The first kappa shape index (κ1) is 11.9. The summed E-state index contributed by atoms with van der Waals surface area (Å²) in [6.45, 7) is 0.753. The summed E-state index contributed by atoms with van der Waals surface area (Å²) >= 11 is 0. The Balaban J connectivity index is 1.66. The summed E-state index contributed by atoms with van der Waals surface area (Å²) in [4.78, 5) is 12.0. The van der Waals surface area contributed by atoms with E-state index in [1.165, 1.54) is 0 Å². The molecule has 1 heterocycles. The Morgan fingerprint density at radius 3 is 2.68 bits per heavy atom. The van der Waals surface area contributed by atoms with Gasteiger partial charge in [0.05, 0.1) is 6.61 Å². The van der Waals surface area contributed by atoms with Crippen molar-refractivity contribution >= 4 is 5.97 Å². The second-order valence-corrected chi connectivity index (χ2v) is 4.48. The molecule has 0 aromatic heterocycles. The van der Waals surface area contributed by atoms with E-state index in [2.05, 4.69) is 0 Å². The Labute approximate surface area is 111 Å². The number of rotatable bonds is 3. The maximum Gasteiger partial charge on any atom is 0.340 e. The first-order chi connectivity index (χ1) is 9.34. The molecule has 1 aliphatic rings. The van der Waals surface area contributed by atoms with Gasteiger partial charge in [0, 0.05) is 0 Å². The molecule has 0 amide bonds. The monoisotopic (exact) mass is 254 g/mol. The van der Waals surface area contributed by atoms with Crippen molar-refractivity contribution in [1.82, 2.24) is 0 Å². The van der Waals surface area contributed by atoms with E-state index in [0.29, 0.717) is 6.61 Å². The summed E-state index contributed by atoms with van der Waals surface area (Å²) in [5.74, 6) is -0.325. The minimum absolute atomic E-state index is 0.279. The summed E-state index contributed by atoms with van der Waals surface area (Å²) < 4.78 is 10.8. The van der Waals surface area contributed by atoms with Crippen molar-refractivity contribution in [2.45, 2.75) is 19.3 Å². The smallest absolute Gasteiger partial charge is 0.340 e. The summed E-state index contributed by atoms with van der Waals surface area (Å²) in [7, 11) is 0. The molecular weight excluding hydrogens is 240 g/mol. The van der Waals surface area contributed by atoms with Gasteiger partial charge in [0.15, 0.2) is 6.10 Å². The normalized spacial score (nSPS) is 16.9. The number of esters is 1. The lowest BCUT2D eigenvalue weighted by molar-refractivity contribution is -0.158. The number of ether oxygens (including phenoxy) is 2. The van der Waals surface area contributed by atoms with Gasteiger partial charge < -0.3 is 9.47 Å². The maximum atomic E-state index is 12.0. The second-order valence-electron chi connectivity index (χ2n) is 4.48. The molecule has 19 heavy (non-hydrogen) atoms. The summed E-state index contributed by atoms with van der Waals surface area (Å²) in [5.41, 5.74) is 2.95. The molecule has 0 spiro atoms. The lowest BCUT2D eigenvalue weighted by Gasteiger charge is -2.11. The van der Waals surface area contributed by atoms with E-state index >= 15 is 0 Å². The van der Waals surface area contributed by atoms with Gasteiger partial charge in [-0.15, -0.1) is 0 Å². The van der Waals surface area contributed by atoms with Gasteiger partial charge >= 0.3 is 5.97 Å². The van der Waals surface area contributed by atoms with Crippen molar-refractivity contribution in [3.8, 4) is 0 Å². The van der Waals surface area contributed by atoms with Crippen LogP contribution in [0, 0.1) is 0 Å². The number of carbonyl (C=O) groups is 1. The predicted octanol–water partition coefficient (Wildman–Crippen LogP) is 3.00. The SMILES string of the molecule is O=C(OCc1ccccc1)C1OCc2ccccc21. The largest absolute Gasteiger partial charge is 0.459 e. The lowest BCUT2D eigenvalue weighted by atomic mass is 10.1. The van der Waals surface area contributed by atoms with Crippen molar-refractivity contribution < 1.29 is 14.3 Å². The van der Waals surface area contributed by atoms with Crippen molar-refractivity contribution in [2.75, 3.05) is 0 Å². The Bertz CT molecular complexity index is 578. The third-order valence-electron chi connectivity index (χ3n) is 3.18. The molecule has 96 valence electrons. The molecule has 2 aromatic carbocycles. The highest BCUT2D eigenvalue weighted by Gasteiger charge is 2.30. The van der Waals surface area contributed by atoms with Gasteiger partial charge in [-0.05, 0) is 16.7 Å². The average molecular weight is 254 g/mol. The first-order valence-corrected chi connectivity index (χ1v) is 6.24. The lowest BCUT2D eigenvalue weighted by Crippen LogP contribution is -2.15. The fraction of sp³-hybridized carbons (Fsp3) is 0.188. The first-order valence-electron chi connectivity index (χ1n) is 6.24. The molecule has 0 saturated carbocycles. The highest BCUT2D eigenvalue weighted by molar-refractivity contribution is 5.77. The number of carbonyl (C=O) groups excluding carboxylic acids is 1. The molecule has 3 heteroatoms. The molecule has 0 radical (unpaired) electrons. The zero-order chi connectivity index (χ0) is 13.1. The third kappa shape index (κ3) is 2.51. The van der Waals surface area contributed by atoms with Crippen LogP contribution in [0.3, 0.4) is 0 Å². The standard InChI is InChI=1S/C16H14O3/c17-16(19-10-12-6-2-1-3-7-12)15-14-9-5-4-8-13(14)11-18-15/h1-9,15H,10-11H2. The van der Waals surface area contributed by atoms with Gasteiger partial charge in [0.25, 0.3) is 0 Å². The number of hydrogen-bond acceptors (Lipinski definition) is 3. The molecular formula is C16H14O3. The molecule has 1 atom stereocenters. The quantitative estimate of drug-likeness (QED) is 0.790. The van der Waals surface area contributed by atoms with Gasteiger partial charge in [0.2, 0.25) is 0 Å². The van der Waals surface area contributed by atoms with Gasteiger partial charge in [-0.3, -0.25) is 0 Å². The van der Waals surface area contributed by atoms with Crippen molar-refractivity contribution in [1.29, 1.82) is 0 Å². The Morgan fingerprint density at radius 1 is 1.11 bits per heavy atom. The van der Waals surface area contributed by atoms with Crippen LogP contribution >= 0.6 is 0 Å². The van der Waals surface area contributed by atoms with Crippen molar-refractivity contribution in [3.05, 3.63) is 71.3 Å². The molecule has 1 unspecified atom stereocenters. The molecule has 0 fully saturated rings. The second kappa shape index (κ2) is 5.24. The van der Waals surface area contributed by atoms with Crippen LogP contribution in [0.25, 0.3) is 0 Å². The zero-order valence-electron chi connectivity index (χ0n) is 10.4. The van der Waals surface area contributed by atoms with Crippen LogP contribution in [0.15, 0.2) is 54.6 Å². The van der Waals surface area contributed by atoms with Crippen LogP contribution < -0.4 is 0 Å². The van der Waals surface area contributed by atoms with Crippen molar-refractivity contribution in [2.24, 2.45) is 0 Å². The van der Waals surface area contributed by atoms with E-state index in [1.54, 1.807) is 0 Å². The molecule has 0 N–H and O–H groups in total. The van der Waals surface area contributed by atoms with Crippen LogP contribution in [0.5, 0.6) is 0 Å². The average Bonchev–Trinajstić information content (AvgIpc) is 2.90. The molecule has 3 rings (SSSR count). The maximum absolute atomic E-state index is 12.0. The van der Waals surface area contributed by atoms with Crippen LogP contribution in [-0.2, 0) is 27.5 Å². The highest BCUT2D eigenvalue weighted by atomic mass is 16.6. The van der Waals surface area contributed by atoms with E-state index in [4.69, 9.17) is 9.47 Å². The minimum atomic E-state index is -0.583. The third-order valence-corrected chi connectivity index (χ3v) is 3.18. The van der Waals surface area contributed by atoms with Crippen LogP contribution in [0.2, 0.25) is 0 Å².